The number of aromatic nitrogens is 3. The summed E-state index contributed by atoms with van der Waals surface area (Å²) in [5.74, 6) is 0.828. The summed E-state index contributed by atoms with van der Waals surface area (Å²) < 4.78 is 6.00. The van der Waals surface area contributed by atoms with Crippen molar-refractivity contribution in [3.63, 3.8) is 0 Å². The largest absolute Gasteiger partial charge is 0.468 e. The molecule has 2 rings (SSSR count). The van der Waals surface area contributed by atoms with Crippen LogP contribution in [0.4, 0.5) is 0 Å². The van der Waals surface area contributed by atoms with E-state index in [-0.39, 0.29) is 36.5 Å². The average Bonchev–Trinajstić information content (AvgIpc) is 2.92. The third kappa shape index (κ3) is 5.43. The maximum Gasteiger partial charge on any atom is 0.327 e. The fraction of sp³-hybridized carbons (Fsp3) is 0.692. The third-order valence-corrected chi connectivity index (χ3v) is 3.49. The van der Waals surface area contributed by atoms with E-state index >= 15 is 0 Å². The van der Waals surface area contributed by atoms with Gasteiger partial charge in [-0.2, -0.15) is 0 Å². The van der Waals surface area contributed by atoms with Gasteiger partial charge in [0.05, 0.1) is 19.9 Å². The van der Waals surface area contributed by atoms with Crippen molar-refractivity contribution in [3.05, 3.63) is 11.9 Å². The van der Waals surface area contributed by atoms with Gasteiger partial charge in [0.25, 0.3) is 0 Å². The Kier molecular flexibility index (Phi) is 7.56. The molecule has 0 saturated carbocycles. The van der Waals surface area contributed by atoms with Crippen molar-refractivity contribution in [1.82, 2.24) is 19.9 Å². The van der Waals surface area contributed by atoms with Gasteiger partial charge in [0.1, 0.15) is 12.2 Å². The summed E-state index contributed by atoms with van der Waals surface area (Å²) in [5.41, 5.74) is 6.69. The predicted octanol–water partition coefficient (Wildman–Crippen LogP) is 0.616. The summed E-state index contributed by atoms with van der Waals surface area (Å²) in [6.45, 7) is 4.53. The van der Waals surface area contributed by atoms with Crippen LogP contribution in [0.25, 0.3) is 0 Å². The second-order valence-electron chi connectivity index (χ2n) is 5.35. The van der Waals surface area contributed by atoms with Gasteiger partial charge in [-0.15, -0.1) is 29.1 Å². The Morgan fingerprint density at radius 1 is 1.59 bits per heavy atom. The van der Waals surface area contributed by atoms with Crippen LogP contribution >= 0.6 is 24.0 Å². The number of rotatable bonds is 4. The minimum atomic E-state index is -0.364. The van der Waals surface area contributed by atoms with Crippen LogP contribution in [0.5, 0.6) is 0 Å². The molecule has 9 heteroatoms. The van der Waals surface area contributed by atoms with E-state index in [9.17, 15) is 4.79 Å². The van der Waals surface area contributed by atoms with Gasteiger partial charge < -0.3 is 15.4 Å². The SMILES string of the molecule is COC(=O)Cn1cc(CN=C(N)N2CCCC(C)C2)nn1.I. The van der Waals surface area contributed by atoms with E-state index in [2.05, 4.69) is 31.9 Å². The van der Waals surface area contributed by atoms with Gasteiger partial charge in [-0.05, 0) is 18.8 Å². The summed E-state index contributed by atoms with van der Waals surface area (Å²) in [7, 11) is 1.34. The fourth-order valence-corrected chi connectivity index (χ4v) is 2.34. The number of carbonyl (C=O) groups excluding carboxylic acids is 1. The molecule has 1 aromatic rings. The molecule has 1 aliphatic heterocycles. The van der Waals surface area contributed by atoms with Gasteiger partial charge in [0.15, 0.2) is 5.96 Å². The van der Waals surface area contributed by atoms with Crippen LogP contribution in [0.15, 0.2) is 11.2 Å². The Hall–Kier alpha value is -1.39. The highest BCUT2D eigenvalue weighted by Crippen LogP contribution is 2.15. The number of methoxy groups -OCH3 is 1. The fourth-order valence-electron chi connectivity index (χ4n) is 2.34. The third-order valence-electron chi connectivity index (χ3n) is 3.49. The Morgan fingerprint density at radius 2 is 2.36 bits per heavy atom. The minimum absolute atomic E-state index is 0. The normalized spacial score (nSPS) is 18.7. The van der Waals surface area contributed by atoms with Crippen molar-refractivity contribution in [2.24, 2.45) is 16.6 Å². The number of ether oxygens (including phenoxy) is 1. The quantitative estimate of drug-likeness (QED) is 0.331. The maximum absolute atomic E-state index is 11.1. The van der Waals surface area contributed by atoms with Crippen LogP contribution in [0.3, 0.4) is 0 Å². The Morgan fingerprint density at radius 3 is 3.05 bits per heavy atom. The van der Waals surface area contributed by atoms with E-state index < -0.39 is 0 Å². The van der Waals surface area contributed by atoms with Crippen LogP contribution in [-0.4, -0.2) is 52.0 Å². The van der Waals surface area contributed by atoms with Crippen molar-refractivity contribution < 1.29 is 9.53 Å². The zero-order valence-electron chi connectivity index (χ0n) is 12.9. The average molecular weight is 422 g/mol. The van der Waals surface area contributed by atoms with Crippen molar-refractivity contribution in [3.8, 4) is 0 Å². The lowest BCUT2D eigenvalue weighted by Crippen LogP contribution is -2.43. The standard InChI is InChI=1S/C13H22N6O2.HI/c1-10-4-3-5-18(7-10)13(14)15-6-11-8-19(17-16-11)9-12(20)21-2;/h8,10H,3-7,9H2,1-2H3,(H2,14,15);1H. The molecule has 0 aromatic carbocycles. The number of guanidine groups is 1. The van der Waals surface area contributed by atoms with Crippen LogP contribution in [0.2, 0.25) is 0 Å². The number of nitrogens with zero attached hydrogens (tertiary/aromatic N) is 5. The van der Waals surface area contributed by atoms with Crippen LogP contribution in [-0.2, 0) is 22.6 Å². The number of carbonyl (C=O) groups is 1. The lowest BCUT2D eigenvalue weighted by atomic mass is 10.0. The molecule has 8 nitrogen and oxygen atoms in total. The van der Waals surface area contributed by atoms with E-state index in [0.29, 0.717) is 24.1 Å². The highest BCUT2D eigenvalue weighted by Gasteiger charge is 2.17. The van der Waals surface area contributed by atoms with Gasteiger partial charge in [0.2, 0.25) is 0 Å². The molecule has 0 radical (unpaired) electrons. The molecule has 1 unspecified atom stereocenters. The Labute approximate surface area is 147 Å². The number of halogens is 1. The molecule has 22 heavy (non-hydrogen) atoms. The number of esters is 1. The topological polar surface area (TPSA) is 98.6 Å². The molecule has 0 amide bonds. The van der Waals surface area contributed by atoms with E-state index in [1.54, 1.807) is 6.20 Å². The Balaban J connectivity index is 0.00000242. The molecular formula is C13H23IN6O2. The smallest absolute Gasteiger partial charge is 0.327 e. The van der Waals surface area contributed by atoms with E-state index in [1.807, 2.05) is 0 Å². The molecule has 1 saturated heterocycles. The van der Waals surface area contributed by atoms with Gasteiger partial charge in [-0.1, -0.05) is 12.1 Å². The van der Waals surface area contributed by atoms with E-state index in [4.69, 9.17) is 5.73 Å². The second-order valence-corrected chi connectivity index (χ2v) is 5.35. The second kappa shape index (κ2) is 8.91. The lowest BCUT2D eigenvalue weighted by molar-refractivity contribution is -0.141. The lowest BCUT2D eigenvalue weighted by Gasteiger charge is -2.31. The molecule has 0 aliphatic carbocycles. The maximum atomic E-state index is 11.1. The van der Waals surface area contributed by atoms with Crippen molar-refractivity contribution in [2.45, 2.75) is 32.9 Å². The van der Waals surface area contributed by atoms with Gasteiger partial charge in [0, 0.05) is 13.1 Å². The molecule has 1 aromatic heterocycles. The minimum Gasteiger partial charge on any atom is -0.468 e. The highest BCUT2D eigenvalue weighted by atomic mass is 127. The van der Waals surface area contributed by atoms with Crippen LogP contribution < -0.4 is 5.73 Å². The van der Waals surface area contributed by atoms with E-state index in [1.165, 1.54) is 18.2 Å². The molecule has 1 fully saturated rings. The van der Waals surface area contributed by atoms with Crippen LogP contribution in [0.1, 0.15) is 25.5 Å². The summed E-state index contributed by atoms with van der Waals surface area (Å²) in [5, 5.41) is 7.81. The van der Waals surface area contributed by atoms with Crippen LogP contribution in [0, 0.1) is 5.92 Å². The molecule has 124 valence electrons. The zero-order valence-corrected chi connectivity index (χ0v) is 15.3. The summed E-state index contributed by atoms with van der Waals surface area (Å²) in [6.07, 6.45) is 4.06. The predicted molar refractivity (Wildman–Crippen MR) is 92.8 cm³/mol. The van der Waals surface area contributed by atoms with Gasteiger partial charge in [-0.3, -0.25) is 4.79 Å². The summed E-state index contributed by atoms with van der Waals surface area (Å²) >= 11 is 0. The number of hydrogen-bond acceptors (Lipinski definition) is 5. The molecule has 0 spiro atoms. The van der Waals surface area contributed by atoms with Crippen molar-refractivity contribution in [2.75, 3.05) is 20.2 Å². The molecule has 1 atom stereocenters. The highest BCUT2D eigenvalue weighted by molar-refractivity contribution is 14.0. The first-order chi connectivity index (χ1) is 10.1. The summed E-state index contributed by atoms with van der Waals surface area (Å²) in [6, 6.07) is 0. The number of aliphatic imine (C=N–C) groups is 1. The summed E-state index contributed by atoms with van der Waals surface area (Å²) in [4.78, 5) is 17.6. The molecule has 2 heterocycles. The zero-order chi connectivity index (χ0) is 15.2. The number of nitrogens with two attached hydrogens (primary N) is 1. The number of piperidine rings is 1. The van der Waals surface area contributed by atoms with Crippen molar-refractivity contribution in [1.29, 1.82) is 0 Å². The van der Waals surface area contributed by atoms with Gasteiger partial charge >= 0.3 is 5.97 Å². The van der Waals surface area contributed by atoms with Crippen molar-refractivity contribution >= 4 is 35.9 Å². The van der Waals surface area contributed by atoms with E-state index in [0.717, 1.165) is 19.5 Å². The first kappa shape index (κ1) is 18.7. The molecular weight excluding hydrogens is 399 g/mol. The number of likely N-dealkylation sites (tertiary alicyclic amines) is 1. The first-order valence-electron chi connectivity index (χ1n) is 7.09. The Bertz CT molecular complexity index is 518. The molecule has 1 aliphatic rings. The molecule has 2 N–H and O–H groups in total. The number of hydrogen-bond donors (Lipinski definition) is 1. The first-order valence-corrected chi connectivity index (χ1v) is 7.09. The van der Waals surface area contributed by atoms with Gasteiger partial charge in [-0.25, -0.2) is 9.67 Å². The monoisotopic (exact) mass is 422 g/mol. The molecule has 0 bridgehead atoms.